The number of hydrazine groups is 1. The summed E-state index contributed by atoms with van der Waals surface area (Å²) in [6, 6.07) is 14.5. The minimum absolute atomic E-state index is 0.0287. The molecule has 0 bridgehead atoms. The number of rotatable bonds is 3. The van der Waals surface area contributed by atoms with Gasteiger partial charge in [-0.1, -0.05) is 46.3 Å². The Labute approximate surface area is 131 Å². The summed E-state index contributed by atoms with van der Waals surface area (Å²) in [7, 11) is 0. The van der Waals surface area contributed by atoms with E-state index < -0.39 is 0 Å². The molecule has 0 saturated carbocycles. The van der Waals surface area contributed by atoms with Crippen LogP contribution < -0.4 is 5.84 Å². The van der Waals surface area contributed by atoms with E-state index >= 15 is 0 Å². The Morgan fingerprint density at radius 1 is 1.19 bits per heavy atom. The fraction of sp³-hybridized carbons (Fsp3) is 0.188. The molecule has 0 saturated heterocycles. The van der Waals surface area contributed by atoms with E-state index in [4.69, 9.17) is 10.8 Å². The van der Waals surface area contributed by atoms with Crippen LogP contribution in [0.1, 0.15) is 17.2 Å². The average molecular weight is 348 g/mol. The topological polar surface area (TPSA) is 41.6 Å². The van der Waals surface area contributed by atoms with E-state index in [-0.39, 0.29) is 11.9 Å². The fourth-order valence-corrected chi connectivity index (χ4v) is 2.98. The van der Waals surface area contributed by atoms with Crippen molar-refractivity contribution in [2.24, 2.45) is 10.8 Å². The number of nitrogens with zero attached hydrogens (tertiary/aromatic N) is 2. The van der Waals surface area contributed by atoms with Crippen LogP contribution in [0.3, 0.4) is 0 Å². The number of halogens is 2. The van der Waals surface area contributed by atoms with Crippen LogP contribution in [0.5, 0.6) is 0 Å². The van der Waals surface area contributed by atoms with Crippen molar-refractivity contribution in [1.82, 2.24) is 5.01 Å². The Balaban J connectivity index is 1.81. The summed E-state index contributed by atoms with van der Waals surface area (Å²) in [6.45, 7) is 0.652. The smallest absolute Gasteiger partial charge is 0.123 e. The molecule has 1 aliphatic heterocycles. The van der Waals surface area contributed by atoms with E-state index in [1.54, 1.807) is 17.1 Å². The Morgan fingerprint density at radius 3 is 2.62 bits per heavy atom. The van der Waals surface area contributed by atoms with Gasteiger partial charge in [-0.05, 0) is 29.3 Å². The second-order valence-electron chi connectivity index (χ2n) is 5.04. The van der Waals surface area contributed by atoms with E-state index in [1.807, 2.05) is 24.3 Å². The summed E-state index contributed by atoms with van der Waals surface area (Å²) >= 11 is 3.55. The molecular formula is C16H15BrFN3. The van der Waals surface area contributed by atoms with Gasteiger partial charge >= 0.3 is 0 Å². The van der Waals surface area contributed by atoms with Crippen molar-refractivity contribution in [3.8, 4) is 0 Å². The second-order valence-corrected chi connectivity index (χ2v) is 5.89. The Hall–Kier alpha value is -1.72. The summed E-state index contributed by atoms with van der Waals surface area (Å²) in [4.78, 5) is 4.71. The average Bonchev–Trinajstić information content (AvgIpc) is 2.83. The summed E-state index contributed by atoms with van der Waals surface area (Å²) in [6.07, 6.45) is 0.609. The summed E-state index contributed by atoms with van der Waals surface area (Å²) < 4.78 is 14.0. The van der Waals surface area contributed by atoms with Gasteiger partial charge < -0.3 is 0 Å². The molecule has 3 rings (SSSR count). The quantitative estimate of drug-likeness (QED) is 0.864. The molecule has 1 aliphatic rings. The van der Waals surface area contributed by atoms with Crippen LogP contribution in [0.15, 0.2) is 58.0 Å². The molecular weight excluding hydrogens is 333 g/mol. The van der Waals surface area contributed by atoms with Gasteiger partial charge in [0.2, 0.25) is 0 Å². The molecule has 2 N–H and O–H groups in total. The molecule has 2 aromatic carbocycles. The van der Waals surface area contributed by atoms with Crippen molar-refractivity contribution in [2.45, 2.75) is 12.5 Å². The van der Waals surface area contributed by atoms with Crippen LogP contribution >= 0.6 is 15.9 Å². The van der Waals surface area contributed by atoms with Crippen molar-refractivity contribution >= 4 is 21.8 Å². The van der Waals surface area contributed by atoms with Gasteiger partial charge in [0, 0.05) is 10.9 Å². The molecule has 21 heavy (non-hydrogen) atoms. The van der Waals surface area contributed by atoms with Crippen LogP contribution in [-0.2, 0) is 6.42 Å². The van der Waals surface area contributed by atoms with E-state index in [1.165, 1.54) is 12.1 Å². The van der Waals surface area contributed by atoms with Crippen molar-refractivity contribution in [2.75, 3.05) is 6.54 Å². The Morgan fingerprint density at radius 2 is 1.90 bits per heavy atom. The zero-order chi connectivity index (χ0) is 14.8. The lowest BCUT2D eigenvalue weighted by molar-refractivity contribution is 0.442. The van der Waals surface area contributed by atoms with Gasteiger partial charge in [-0.3, -0.25) is 10.0 Å². The molecule has 0 radical (unpaired) electrons. The van der Waals surface area contributed by atoms with E-state index in [2.05, 4.69) is 15.9 Å². The van der Waals surface area contributed by atoms with Gasteiger partial charge in [0.05, 0.1) is 12.6 Å². The number of nitrogens with two attached hydrogens (primary N) is 1. The van der Waals surface area contributed by atoms with E-state index in [9.17, 15) is 4.39 Å². The molecule has 2 aromatic rings. The number of amidine groups is 1. The molecule has 3 nitrogen and oxygen atoms in total. The van der Waals surface area contributed by atoms with Crippen LogP contribution in [0.4, 0.5) is 4.39 Å². The molecule has 0 aromatic heterocycles. The first kappa shape index (κ1) is 14.2. The number of hydrogen-bond acceptors (Lipinski definition) is 3. The first-order valence-electron chi connectivity index (χ1n) is 6.71. The van der Waals surface area contributed by atoms with Gasteiger partial charge in [-0.2, -0.15) is 0 Å². The number of hydrogen-bond donors (Lipinski definition) is 1. The zero-order valence-electron chi connectivity index (χ0n) is 11.3. The predicted octanol–water partition coefficient (Wildman–Crippen LogP) is 3.46. The van der Waals surface area contributed by atoms with E-state index in [0.29, 0.717) is 13.0 Å². The third-order valence-electron chi connectivity index (χ3n) is 3.55. The normalized spacial score (nSPS) is 18.0. The lowest BCUT2D eigenvalue weighted by Gasteiger charge is -2.14. The highest BCUT2D eigenvalue weighted by Crippen LogP contribution is 2.30. The molecule has 0 amide bonds. The minimum atomic E-state index is -0.234. The first-order chi connectivity index (χ1) is 10.1. The maximum atomic E-state index is 12.9. The molecule has 1 atom stereocenters. The van der Waals surface area contributed by atoms with Crippen molar-refractivity contribution in [3.63, 3.8) is 0 Å². The SMILES string of the molecule is NN1CC(c2ccccc2Br)N=C1Cc1ccc(F)cc1. The predicted molar refractivity (Wildman–Crippen MR) is 85.3 cm³/mol. The van der Waals surface area contributed by atoms with Crippen molar-refractivity contribution in [3.05, 3.63) is 69.9 Å². The molecule has 108 valence electrons. The molecule has 0 aliphatic carbocycles. The molecule has 1 heterocycles. The van der Waals surface area contributed by atoms with Crippen molar-refractivity contribution in [1.29, 1.82) is 0 Å². The second kappa shape index (κ2) is 5.95. The fourth-order valence-electron chi connectivity index (χ4n) is 2.43. The lowest BCUT2D eigenvalue weighted by atomic mass is 10.1. The summed E-state index contributed by atoms with van der Waals surface area (Å²) in [5.74, 6) is 6.64. The van der Waals surface area contributed by atoms with Gasteiger partial charge in [0.25, 0.3) is 0 Å². The van der Waals surface area contributed by atoms with Gasteiger partial charge in [0.15, 0.2) is 0 Å². The Bertz CT molecular complexity index is 669. The molecule has 0 fully saturated rings. The third-order valence-corrected chi connectivity index (χ3v) is 4.27. The molecule has 1 unspecified atom stereocenters. The largest absolute Gasteiger partial charge is 0.296 e. The van der Waals surface area contributed by atoms with Crippen LogP contribution in [0, 0.1) is 5.82 Å². The van der Waals surface area contributed by atoms with E-state index in [0.717, 1.165) is 21.4 Å². The van der Waals surface area contributed by atoms with Crippen LogP contribution in [-0.4, -0.2) is 17.4 Å². The zero-order valence-corrected chi connectivity index (χ0v) is 12.9. The van der Waals surface area contributed by atoms with Crippen LogP contribution in [0.2, 0.25) is 0 Å². The van der Waals surface area contributed by atoms with Crippen LogP contribution in [0.25, 0.3) is 0 Å². The highest BCUT2D eigenvalue weighted by atomic mass is 79.9. The first-order valence-corrected chi connectivity index (χ1v) is 7.50. The number of aliphatic imine (C=N–C) groups is 1. The lowest BCUT2D eigenvalue weighted by Crippen LogP contribution is -2.35. The van der Waals surface area contributed by atoms with Gasteiger partial charge in [-0.15, -0.1) is 0 Å². The van der Waals surface area contributed by atoms with Gasteiger partial charge in [0.1, 0.15) is 11.7 Å². The maximum Gasteiger partial charge on any atom is 0.123 e. The summed E-state index contributed by atoms with van der Waals surface area (Å²) in [5, 5.41) is 1.67. The molecule has 0 spiro atoms. The number of benzene rings is 2. The standard InChI is InChI=1S/C16H15BrFN3/c17-14-4-2-1-3-13(14)15-10-21(19)16(20-15)9-11-5-7-12(18)8-6-11/h1-8,15H,9-10,19H2. The monoisotopic (exact) mass is 347 g/mol. The minimum Gasteiger partial charge on any atom is -0.296 e. The third kappa shape index (κ3) is 3.14. The summed E-state index contributed by atoms with van der Waals surface area (Å²) in [5.41, 5.74) is 2.13. The van der Waals surface area contributed by atoms with Gasteiger partial charge in [-0.25, -0.2) is 10.2 Å². The highest BCUT2D eigenvalue weighted by Gasteiger charge is 2.25. The molecule has 5 heteroatoms. The highest BCUT2D eigenvalue weighted by molar-refractivity contribution is 9.10. The maximum absolute atomic E-state index is 12.9. The Kier molecular flexibility index (Phi) is 4.03. The van der Waals surface area contributed by atoms with Crippen molar-refractivity contribution < 1.29 is 4.39 Å².